The van der Waals surface area contributed by atoms with Crippen LogP contribution in [0.1, 0.15) is 24.5 Å². The van der Waals surface area contributed by atoms with E-state index in [-0.39, 0.29) is 5.91 Å². The number of nitrogens with one attached hydrogen (secondary N) is 1. The van der Waals surface area contributed by atoms with Crippen molar-refractivity contribution in [3.8, 4) is 5.75 Å². The summed E-state index contributed by atoms with van der Waals surface area (Å²) < 4.78 is 11.0. The molecule has 1 atom stereocenters. The van der Waals surface area contributed by atoms with Crippen molar-refractivity contribution in [2.75, 3.05) is 12.4 Å². The van der Waals surface area contributed by atoms with Crippen molar-refractivity contribution < 1.29 is 14.3 Å². The van der Waals surface area contributed by atoms with Crippen molar-refractivity contribution in [3.63, 3.8) is 0 Å². The molecule has 2 aromatic rings. The average molecular weight is 313 g/mol. The zero-order chi connectivity index (χ0) is 16.7. The van der Waals surface area contributed by atoms with Crippen LogP contribution in [-0.2, 0) is 16.1 Å². The highest BCUT2D eigenvalue weighted by Crippen LogP contribution is 2.20. The van der Waals surface area contributed by atoms with E-state index in [4.69, 9.17) is 9.47 Å². The van der Waals surface area contributed by atoms with Gasteiger partial charge in [-0.3, -0.25) is 4.79 Å². The topological polar surface area (TPSA) is 47.6 Å². The summed E-state index contributed by atoms with van der Waals surface area (Å²) in [5, 5.41) is 2.91. The molecule has 0 aliphatic rings. The summed E-state index contributed by atoms with van der Waals surface area (Å²) >= 11 is 0. The molecule has 0 fully saturated rings. The van der Waals surface area contributed by atoms with Gasteiger partial charge in [0, 0.05) is 12.8 Å². The summed E-state index contributed by atoms with van der Waals surface area (Å²) in [6, 6.07) is 15.3. The van der Waals surface area contributed by atoms with Crippen LogP contribution < -0.4 is 10.1 Å². The van der Waals surface area contributed by atoms with E-state index in [1.54, 1.807) is 7.11 Å². The Morgan fingerprint density at radius 3 is 2.65 bits per heavy atom. The van der Waals surface area contributed by atoms with Crippen molar-refractivity contribution in [3.05, 3.63) is 59.7 Å². The highest BCUT2D eigenvalue weighted by atomic mass is 16.5. The fourth-order valence-corrected chi connectivity index (χ4v) is 2.29. The van der Waals surface area contributed by atoms with Gasteiger partial charge in [-0.25, -0.2) is 0 Å². The van der Waals surface area contributed by atoms with Crippen LogP contribution in [0, 0.1) is 6.92 Å². The van der Waals surface area contributed by atoms with E-state index >= 15 is 0 Å². The molecular weight excluding hydrogens is 290 g/mol. The molecule has 4 heteroatoms. The molecule has 0 heterocycles. The van der Waals surface area contributed by atoms with Crippen molar-refractivity contribution in [2.24, 2.45) is 0 Å². The SMILES string of the molecule is CC[C@H](Oc1ccccc1C)C(=O)Nc1cccc(COC)c1. The van der Waals surface area contributed by atoms with E-state index in [0.29, 0.717) is 13.0 Å². The molecule has 0 unspecified atom stereocenters. The van der Waals surface area contributed by atoms with Gasteiger partial charge in [0.1, 0.15) is 5.75 Å². The van der Waals surface area contributed by atoms with Crippen LogP contribution >= 0.6 is 0 Å². The molecule has 2 rings (SSSR count). The van der Waals surface area contributed by atoms with Crippen LogP contribution in [0.2, 0.25) is 0 Å². The van der Waals surface area contributed by atoms with Crippen LogP contribution in [0.25, 0.3) is 0 Å². The highest BCUT2D eigenvalue weighted by Gasteiger charge is 2.19. The number of rotatable bonds is 7. The van der Waals surface area contributed by atoms with E-state index in [2.05, 4.69) is 5.32 Å². The minimum absolute atomic E-state index is 0.148. The van der Waals surface area contributed by atoms with Crippen molar-refractivity contribution in [2.45, 2.75) is 33.0 Å². The third-order valence-corrected chi connectivity index (χ3v) is 3.53. The van der Waals surface area contributed by atoms with Crippen molar-refractivity contribution in [1.82, 2.24) is 0 Å². The minimum atomic E-state index is -0.526. The molecule has 0 spiro atoms. The van der Waals surface area contributed by atoms with Crippen LogP contribution in [0.15, 0.2) is 48.5 Å². The summed E-state index contributed by atoms with van der Waals surface area (Å²) in [4.78, 5) is 12.5. The van der Waals surface area contributed by atoms with Crippen molar-refractivity contribution >= 4 is 11.6 Å². The quantitative estimate of drug-likeness (QED) is 0.842. The Bertz CT molecular complexity index is 655. The lowest BCUT2D eigenvalue weighted by atomic mass is 10.2. The second-order valence-corrected chi connectivity index (χ2v) is 5.40. The lowest BCUT2D eigenvalue weighted by molar-refractivity contribution is -0.122. The first kappa shape index (κ1) is 17.0. The molecule has 2 aromatic carbocycles. The van der Waals surface area contributed by atoms with E-state index in [1.807, 2.05) is 62.4 Å². The molecule has 122 valence electrons. The van der Waals surface area contributed by atoms with Crippen molar-refractivity contribution in [1.29, 1.82) is 0 Å². The number of hydrogen-bond donors (Lipinski definition) is 1. The van der Waals surface area contributed by atoms with Gasteiger partial charge in [-0.15, -0.1) is 0 Å². The molecule has 0 aliphatic carbocycles. The largest absolute Gasteiger partial charge is 0.480 e. The Morgan fingerprint density at radius 2 is 1.96 bits per heavy atom. The molecule has 1 N–H and O–H groups in total. The number of para-hydroxylation sites is 1. The molecule has 0 saturated carbocycles. The molecule has 0 aliphatic heterocycles. The fraction of sp³-hybridized carbons (Fsp3) is 0.316. The Morgan fingerprint density at radius 1 is 1.17 bits per heavy atom. The standard InChI is InChI=1S/C19H23NO3/c1-4-17(23-18-11-6-5-8-14(18)2)19(21)20-16-10-7-9-15(12-16)13-22-3/h5-12,17H,4,13H2,1-3H3,(H,20,21)/t17-/m0/s1. The predicted molar refractivity (Wildman–Crippen MR) is 91.7 cm³/mol. The van der Waals surface area contributed by atoms with Gasteiger partial charge in [0.25, 0.3) is 5.91 Å². The monoisotopic (exact) mass is 313 g/mol. The number of carbonyl (C=O) groups is 1. The number of benzene rings is 2. The van der Waals surface area contributed by atoms with Crippen LogP contribution in [0.5, 0.6) is 5.75 Å². The first-order valence-electron chi connectivity index (χ1n) is 7.75. The van der Waals surface area contributed by atoms with Crippen LogP contribution in [-0.4, -0.2) is 19.1 Å². The molecule has 0 bridgehead atoms. The smallest absolute Gasteiger partial charge is 0.265 e. The molecule has 23 heavy (non-hydrogen) atoms. The number of amides is 1. The number of aryl methyl sites for hydroxylation is 1. The second kappa shape index (κ2) is 8.34. The lowest BCUT2D eigenvalue weighted by Crippen LogP contribution is -2.32. The second-order valence-electron chi connectivity index (χ2n) is 5.40. The maximum absolute atomic E-state index is 12.5. The van der Waals surface area contributed by atoms with Crippen LogP contribution in [0.3, 0.4) is 0 Å². The Kier molecular flexibility index (Phi) is 6.18. The van der Waals surface area contributed by atoms with Gasteiger partial charge >= 0.3 is 0 Å². The molecule has 0 saturated heterocycles. The average Bonchev–Trinajstić information content (AvgIpc) is 2.54. The molecule has 4 nitrogen and oxygen atoms in total. The van der Waals surface area contributed by atoms with Gasteiger partial charge in [0.2, 0.25) is 0 Å². The lowest BCUT2D eigenvalue weighted by Gasteiger charge is -2.18. The number of anilines is 1. The fourth-order valence-electron chi connectivity index (χ4n) is 2.29. The number of hydrogen-bond acceptors (Lipinski definition) is 3. The Labute approximate surface area is 137 Å². The normalized spacial score (nSPS) is 11.8. The summed E-state index contributed by atoms with van der Waals surface area (Å²) in [5.74, 6) is 0.591. The van der Waals surface area contributed by atoms with Gasteiger partial charge in [0.15, 0.2) is 6.10 Å². The summed E-state index contributed by atoms with van der Waals surface area (Å²) in [6.45, 7) is 4.42. The third-order valence-electron chi connectivity index (χ3n) is 3.53. The maximum atomic E-state index is 12.5. The van der Waals surface area contributed by atoms with Crippen LogP contribution in [0.4, 0.5) is 5.69 Å². The minimum Gasteiger partial charge on any atom is -0.480 e. The molecular formula is C19H23NO3. The molecule has 1 amide bonds. The van der Waals surface area contributed by atoms with Gasteiger partial charge in [-0.1, -0.05) is 37.3 Å². The van der Waals surface area contributed by atoms with Gasteiger partial charge in [-0.05, 0) is 42.7 Å². The summed E-state index contributed by atoms with van der Waals surface area (Å²) in [6.07, 6.45) is 0.0694. The zero-order valence-electron chi connectivity index (χ0n) is 13.8. The summed E-state index contributed by atoms with van der Waals surface area (Å²) in [5.41, 5.74) is 2.77. The first-order valence-corrected chi connectivity index (χ1v) is 7.75. The maximum Gasteiger partial charge on any atom is 0.265 e. The Balaban J connectivity index is 2.05. The Hall–Kier alpha value is -2.33. The number of carbonyl (C=O) groups excluding carboxylic acids is 1. The highest BCUT2D eigenvalue weighted by molar-refractivity contribution is 5.94. The number of ether oxygens (including phenoxy) is 2. The van der Waals surface area contributed by atoms with Gasteiger partial charge in [-0.2, -0.15) is 0 Å². The van der Waals surface area contributed by atoms with Gasteiger partial charge < -0.3 is 14.8 Å². The van der Waals surface area contributed by atoms with E-state index in [0.717, 1.165) is 22.6 Å². The van der Waals surface area contributed by atoms with E-state index < -0.39 is 6.10 Å². The van der Waals surface area contributed by atoms with E-state index in [1.165, 1.54) is 0 Å². The predicted octanol–water partition coefficient (Wildman–Crippen LogP) is 3.94. The zero-order valence-corrected chi connectivity index (χ0v) is 13.8. The number of methoxy groups -OCH3 is 1. The van der Waals surface area contributed by atoms with Gasteiger partial charge in [0.05, 0.1) is 6.61 Å². The summed E-state index contributed by atoms with van der Waals surface area (Å²) in [7, 11) is 1.65. The molecule has 0 aromatic heterocycles. The van der Waals surface area contributed by atoms with E-state index in [9.17, 15) is 4.79 Å². The first-order chi connectivity index (χ1) is 11.1. The molecule has 0 radical (unpaired) electrons. The third kappa shape index (κ3) is 4.83.